The molecular formula is C18H16ClN3S. The molecule has 3 N–H and O–H groups in total. The van der Waals surface area contributed by atoms with Gasteiger partial charge in [-0.1, -0.05) is 54.1 Å². The molecule has 0 aliphatic carbocycles. The monoisotopic (exact) mass is 341 g/mol. The number of halogens is 1. The van der Waals surface area contributed by atoms with Gasteiger partial charge >= 0.3 is 0 Å². The van der Waals surface area contributed by atoms with E-state index in [9.17, 15) is 0 Å². The van der Waals surface area contributed by atoms with Crippen LogP contribution in [0.2, 0.25) is 5.02 Å². The Morgan fingerprint density at radius 2 is 1.78 bits per heavy atom. The van der Waals surface area contributed by atoms with E-state index in [2.05, 4.69) is 12.6 Å². The molecule has 0 saturated heterocycles. The lowest BCUT2D eigenvalue weighted by Gasteiger charge is -2.26. The average Bonchev–Trinajstić information content (AvgIpc) is 2.57. The van der Waals surface area contributed by atoms with E-state index in [0.717, 1.165) is 22.0 Å². The molecule has 0 heterocycles. The molecule has 0 atom stereocenters. The second-order valence-corrected chi connectivity index (χ2v) is 5.89. The van der Waals surface area contributed by atoms with E-state index in [4.69, 9.17) is 22.7 Å². The van der Waals surface area contributed by atoms with Crippen LogP contribution in [-0.4, -0.2) is 5.96 Å². The molecule has 0 fully saturated rings. The minimum absolute atomic E-state index is 0.0837. The van der Waals surface area contributed by atoms with E-state index in [1.165, 1.54) is 0 Å². The van der Waals surface area contributed by atoms with Crippen molar-refractivity contribution in [2.75, 3.05) is 4.90 Å². The van der Waals surface area contributed by atoms with Gasteiger partial charge in [-0.05, 0) is 29.1 Å². The highest BCUT2D eigenvalue weighted by Gasteiger charge is 2.18. The zero-order valence-corrected chi connectivity index (χ0v) is 14.0. The van der Waals surface area contributed by atoms with E-state index in [1.807, 2.05) is 60.7 Å². The summed E-state index contributed by atoms with van der Waals surface area (Å²) in [6, 6.07) is 19.6. The van der Waals surface area contributed by atoms with Crippen LogP contribution in [-0.2, 0) is 5.75 Å². The van der Waals surface area contributed by atoms with Gasteiger partial charge in [0, 0.05) is 11.1 Å². The molecule has 0 spiro atoms. The number of anilines is 2. The number of nitrogens with two attached hydrogens (primary N) is 1. The summed E-state index contributed by atoms with van der Waals surface area (Å²) in [5, 5.41) is 10.7. The zero-order chi connectivity index (χ0) is 16.4. The number of guanidine groups is 1. The summed E-state index contributed by atoms with van der Waals surface area (Å²) in [5.41, 5.74) is 8.41. The Labute approximate surface area is 145 Å². The smallest absolute Gasteiger partial charge is 0.197 e. The largest absolute Gasteiger partial charge is 0.369 e. The third-order valence-corrected chi connectivity index (χ3v) is 4.37. The van der Waals surface area contributed by atoms with Gasteiger partial charge in [-0.2, -0.15) is 12.6 Å². The molecule has 0 aromatic heterocycles. The second kappa shape index (κ2) is 6.52. The van der Waals surface area contributed by atoms with Crippen molar-refractivity contribution in [2.24, 2.45) is 5.73 Å². The quantitative estimate of drug-likeness (QED) is 0.358. The molecule has 0 saturated carbocycles. The Balaban J connectivity index is 2.25. The highest BCUT2D eigenvalue weighted by molar-refractivity contribution is 7.79. The van der Waals surface area contributed by atoms with Crippen molar-refractivity contribution in [3.8, 4) is 0 Å². The number of benzene rings is 3. The lowest BCUT2D eigenvalue weighted by molar-refractivity contribution is 1.25. The molecule has 0 unspecified atom stereocenters. The Morgan fingerprint density at radius 3 is 2.52 bits per heavy atom. The number of thiol groups is 1. The Hall–Kier alpha value is -2.17. The van der Waals surface area contributed by atoms with Crippen molar-refractivity contribution in [3.05, 3.63) is 71.2 Å². The fraction of sp³-hybridized carbons (Fsp3) is 0.0556. The molecule has 0 radical (unpaired) electrons. The molecule has 3 rings (SSSR count). The predicted molar refractivity (Wildman–Crippen MR) is 102 cm³/mol. The van der Waals surface area contributed by atoms with Gasteiger partial charge in [0.25, 0.3) is 0 Å². The maximum absolute atomic E-state index is 8.05. The summed E-state index contributed by atoms with van der Waals surface area (Å²) in [5.74, 6) is 0.505. The molecule has 0 bridgehead atoms. The molecule has 23 heavy (non-hydrogen) atoms. The number of hydrogen-bond acceptors (Lipinski definition) is 2. The summed E-state index contributed by atoms with van der Waals surface area (Å²) >= 11 is 10.7. The summed E-state index contributed by atoms with van der Waals surface area (Å²) in [7, 11) is 0. The molecule has 0 aliphatic rings. The molecule has 0 amide bonds. The standard InChI is InChI=1S/C18H16ClN3S/c19-15-9-8-12(11-23)10-17(15)22(18(20)21)16-7-3-5-13-4-1-2-6-14(13)16/h1-10,23H,11H2,(H3,20,21). The van der Waals surface area contributed by atoms with Gasteiger partial charge in [0.1, 0.15) is 0 Å². The van der Waals surface area contributed by atoms with Gasteiger partial charge in [-0.25, -0.2) is 0 Å². The Bertz CT molecular complexity index is 874. The predicted octanol–water partition coefficient (Wildman–Crippen LogP) is 4.95. The first kappa shape index (κ1) is 15.7. The molecular weight excluding hydrogens is 326 g/mol. The van der Waals surface area contributed by atoms with Gasteiger partial charge in [0.15, 0.2) is 5.96 Å². The highest BCUT2D eigenvalue weighted by atomic mass is 35.5. The number of nitrogens with zero attached hydrogens (tertiary/aromatic N) is 1. The van der Waals surface area contributed by atoms with Crippen LogP contribution < -0.4 is 10.6 Å². The van der Waals surface area contributed by atoms with Crippen LogP contribution in [0.15, 0.2) is 60.7 Å². The first-order valence-electron chi connectivity index (χ1n) is 7.13. The van der Waals surface area contributed by atoms with Crippen LogP contribution in [0, 0.1) is 5.41 Å². The molecule has 3 aromatic carbocycles. The highest BCUT2D eigenvalue weighted by Crippen LogP contribution is 2.36. The average molecular weight is 342 g/mol. The molecule has 3 aromatic rings. The Morgan fingerprint density at radius 1 is 1.04 bits per heavy atom. The number of hydrogen-bond donors (Lipinski definition) is 3. The van der Waals surface area contributed by atoms with Crippen molar-refractivity contribution < 1.29 is 0 Å². The fourth-order valence-corrected chi connectivity index (χ4v) is 3.02. The van der Waals surface area contributed by atoms with Gasteiger partial charge in [-0.15, -0.1) is 0 Å². The van der Waals surface area contributed by atoms with Crippen LogP contribution in [0.3, 0.4) is 0 Å². The molecule has 5 heteroatoms. The van der Waals surface area contributed by atoms with Crippen molar-refractivity contribution in [1.29, 1.82) is 5.41 Å². The maximum Gasteiger partial charge on any atom is 0.197 e. The first-order valence-corrected chi connectivity index (χ1v) is 8.14. The fourth-order valence-electron chi connectivity index (χ4n) is 2.62. The second-order valence-electron chi connectivity index (χ2n) is 5.16. The van der Waals surface area contributed by atoms with Crippen LogP contribution in [0.1, 0.15) is 5.56 Å². The molecule has 0 aliphatic heterocycles. The summed E-state index contributed by atoms with van der Waals surface area (Å²) in [6.45, 7) is 0. The topological polar surface area (TPSA) is 53.1 Å². The van der Waals surface area contributed by atoms with Gasteiger partial charge < -0.3 is 5.73 Å². The van der Waals surface area contributed by atoms with Crippen LogP contribution >= 0.6 is 24.2 Å². The first-order chi connectivity index (χ1) is 11.1. The van der Waals surface area contributed by atoms with Crippen LogP contribution in [0.5, 0.6) is 0 Å². The van der Waals surface area contributed by atoms with Crippen LogP contribution in [0.25, 0.3) is 10.8 Å². The number of rotatable bonds is 3. The SMILES string of the molecule is N=C(N)N(c1cc(CS)ccc1Cl)c1cccc2ccccc12. The van der Waals surface area contributed by atoms with E-state index >= 15 is 0 Å². The van der Waals surface area contributed by atoms with Gasteiger partial charge in [0.05, 0.1) is 16.4 Å². The van der Waals surface area contributed by atoms with E-state index in [-0.39, 0.29) is 5.96 Å². The Kier molecular flexibility index (Phi) is 4.46. The van der Waals surface area contributed by atoms with Crippen molar-refractivity contribution in [1.82, 2.24) is 0 Å². The lowest BCUT2D eigenvalue weighted by atomic mass is 10.1. The minimum Gasteiger partial charge on any atom is -0.369 e. The third kappa shape index (κ3) is 3.00. The third-order valence-electron chi connectivity index (χ3n) is 3.68. The summed E-state index contributed by atoms with van der Waals surface area (Å²) in [4.78, 5) is 1.66. The number of fused-ring (bicyclic) bond motifs is 1. The molecule has 3 nitrogen and oxygen atoms in total. The van der Waals surface area contributed by atoms with E-state index in [0.29, 0.717) is 16.5 Å². The van der Waals surface area contributed by atoms with Gasteiger partial charge in [-0.3, -0.25) is 10.3 Å². The van der Waals surface area contributed by atoms with E-state index in [1.54, 1.807) is 4.90 Å². The zero-order valence-electron chi connectivity index (χ0n) is 12.3. The van der Waals surface area contributed by atoms with Crippen molar-refractivity contribution in [2.45, 2.75) is 5.75 Å². The van der Waals surface area contributed by atoms with Crippen molar-refractivity contribution in [3.63, 3.8) is 0 Å². The van der Waals surface area contributed by atoms with Crippen LogP contribution in [0.4, 0.5) is 11.4 Å². The van der Waals surface area contributed by atoms with E-state index < -0.39 is 0 Å². The number of nitrogens with one attached hydrogen (secondary N) is 1. The maximum atomic E-state index is 8.05. The molecule has 116 valence electrons. The van der Waals surface area contributed by atoms with Crippen molar-refractivity contribution >= 4 is 52.3 Å². The summed E-state index contributed by atoms with van der Waals surface area (Å²) < 4.78 is 0. The normalized spacial score (nSPS) is 10.7. The van der Waals surface area contributed by atoms with Gasteiger partial charge in [0.2, 0.25) is 0 Å². The minimum atomic E-state index is -0.0837. The lowest BCUT2D eigenvalue weighted by Crippen LogP contribution is -2.32. The summed E-state index contributed by atoms with van der Waals surface area (Å²) in [6.07, 6.45) is 0.